The summed E-state index contributed by atoms with van der Waals surface area (Å²) in [5, 5.41) is 2.33. The number of rotatable bonds is 8. The molecule has 2 aromatic carbocycles. The van der Waals surface area contributed by atoms with E-state index in [0.29, 0.717) is 6.54 Å². The average molecular weight is 417 g/mol. The van der Waals surface area contributed by atoms with Crippen LogP contribution in [0.3, 0.4) is 0 Å². The Balaban J connectivity index is 2.12. The quantitative estimate of drug-likeness (QED) is 0.351. The van der Waals surface area contributed by atoms with E-state index in [1.807, 2.05) is 30.3 Å². The number of nitrogens with two attached hydrogens (primary N) is 1. The summed E-state index contributed by atoms with van der Waals surface area (Å²) in [6, 6.07) is 14.8. The van der Waals surface area contributed by atoms with Crippen molar-refractivity contribution in [3.05, 3.63) is 77.0 Å². The Morgan fingerprint density at radius 2 is 1.73 bits per heavy atom. The summed E-state index contributed by atoms with van der Waals surface area (Å²) in [5.74, 6) is -0.885. The molecule has 7 heteroatoms. The van der Waals surface area contributed by atoms with Crippen LogP contribution in [-0.2, 0) is 17.4 Å². The van der Waals surface area contributed by atoms with Crippen LogP contribution in [0.25, 0.3) is 0 Å². The third-order valence-corrected chi connectivity index (χ3v) is 4.47. The van der Waals surface area contributed by atoms with Gasteiger partial charge < -0.3 is 11.1 Å². The largest absolute Gasteiger partial charge is 0.418 e. The molecule has 0 radical (unpaired) electrons. The number of allylic oxidation sites excluding steroid dienone is 1. The van der Waals surface area contributed by atoms with Crippen molar-refractivity contribution in [2.24, 2.45) is 16.6 Å². The van der Waals surface area contributed by atoms with E-state index in [0.717, 1.165) is 18.9 Å². The smallest absolute Gasteiger partial charge is 0.401 e. The molecule has 1 amide bonds. The van der Waals surface area contributed by atoms with Gasteiger partial charge in [0.1, 0.15) is 0 Å². The number of nitrogens with one attached hydrogen (secondary N) is 1. The topological polar surface area (TPSA) is 67.5 Å². The number of benzene rings is 2. The molecule has 0 aliphatic rings. The molecule has 0 heterocycles. The highest BCUT2D eigenvalue weighted by molar-refractivity contribution is 6.18. The maximum absolute atomic E-state index is 13.2. The predicted octanol–water partition coefficient (Wildman–Crippen LogP) is 5.22. The van der Waals surface area contributed by atoms with Gasteiger partial charge in [-0.3, -0.25) is 9.79 Å². The van der Waals surface area contributed by atoms with Crippen LogP contribution in [0.4, 0.5) is 18.9 Å². The highest BCUT2D eigenvalue weighted by atomic mass is 19.4. The van der Waals surface area contributed by atoms with Crippen LogP contribution < -0.4 is 11.1 Å². The molecule has 160 valence electrons. The second-order valence-corrected chi connectivity index (χ2v) is 7.15. The molecular formula is C23H26F3N3O. The molecule has 0 saturated heterocycles. The maximum atomic E-state index is 13.2. The van der Waals surface area contributed by atoms with E-state index >= 15 is 0 Å². The fraction of sp³-hybridized carbons (Fsp3) is 0.304. The van der Waals surface area contributed by atoms with Gasteiger partial charge in [-0.15, -0.1) is 0 Å². The molecular weight excluding hydrogens is 391 g/mol. The third kappa shape index (κ3) is 6.76. The zero-order valence-electron chi connectivity index (χ0n) is 17.0. The van der Waals surface area contributed by atoms with Gasteiger partial charge in [-0.25, -0.2) is 0 Å². The number of alkyl halides is 3. The molecule has 0 bridgehead atoms. The first-order valence-electron chi connectivity index (χ1n) is 9.71. The molecule has 3 N–H and O–H groups in total. The van der Waals surface area contributed by atoms with Crippen LogP contribution in [0.5, 0.6) is 0 Å². The number of amides is 1. The van der Waals surface area contributed by atoms with E-state index in [1.54, 1.807) is 13.8 Å². The molecule has 0 spiro atoms. The minimum absolute atomic E-state index is 0.0710. The summed E-state index contributed by atoms with van der Waals surface area (Å²) >= 11 is 0. The van der Waals surface area contributed by atoms with E-state index in [2.05, 4.69) is 10.3 Å². The first kappa shape index (κ1) is 23.2. The third-order valence-electron chi connectivity index (χ3n) is 4.47. The molecule has 0 saturated carbocycles. The van der Waals surface area contributed by atoms with Crippen molar-refractivity contribution in [2.45, 2.75) is 32.9 Å². The Labute approximate surface area is 174 Å². The van der Waals surface area contributed by atoms with E-state index < -0.39 is 17.6 Å². The first-order chi connectivity index (χ1) is 14.2. The van der Waals surface area contributed by atoms with Crippen molar-refractivity contribution >= 4 is 17.8 Å². The molecule has 4 nitrogen and oxygen atoms in total. The number of aryl methyl sites for hydroxylation is 1. The van der Waals surface area contributed by atoms with Gasteiger partial charge in [0, 0.05) is 18.5 Å². The van der Waals surface area contributed by atoms with Crippen LogP contribution >= 0.6 is 0 Å². The van der Waals surface area contributed by atoms with Crippen molar-refractivity contribution in [1.29, 1.82) is 0 Å². The minimum Gasteiger partial charge on any atom is -0.401 e. The van der Waals surface area contributed by atoms with E-state index in [9.17, 15) is 18.0 Å². The molecule has 0 fully saturated rings. The van der Waals surface area contributed by atoms with E-state index in [-0.39, 0.29) is 22.9 Å². The van der Waals surface area contributed by atoms with Gasteiger partial charge in [0.2, 0.25) is 0 Å². The van der Waals surface area contributed by atoms with Crippen molar-refractivity contribution in [3.63, 3.8) is 0 Å². The van der Waals surface area contributed by atoms with Crippen LogP contribution in [0.2, 0.25) is 0 Å². The lowest BCUT2D eigenvalue weighted by molar-refractivity contribution is -0.137. The van der Waals surface area contributed by atoms with Gasteiger partial charge in [0.05, 0.1) is 16.8 Å². The number of halogens is 3. The van der Waals surface area contributed by atoms with Gasteiger partial charge in [0.25, 0.3) is 5.91 Å². The highest BCUT2D eigenvalue weighted by Gasteiger charge is 2.33. The van der Waals surface area contributed by atoms with Crippen molar-refractivity contribution < 1.29 is 18.0 Å². The van der Waals surface area contributed by atoms with Gasteiger partial charge in [-0.2, -0.15) is 13.2 Å². The highest BCUT2D eigenvalue weighted by Crippen LogP contribution is 2.34. The van der Waals surface area contributed by atoms with Gasteiger partial charge in [-0.1, -0.05) is 56.3 Å². The molecule has 0 aromatic heterocycles. The second kappa shape index (κ2) is 10.6. The van der Waals surface area contributed by atoms with Crippen molar-refractivity contribution in [3.8, 4) is 0 Å². The standard InChI is InChI=1S/C23H26F3N3O/c1-16(2)21(27)18(15-28-14-8-11-17-9-4-3-5-10-17)22(30)29-20-13-7-6-12-19(20)23(24,25)26/h3-7,9-10,12-13,15-16H,8,11,14,27H2,1-2H3,(H,29,30). The van der Waals surface area contributed by atoms with Gasteiger partial charge in [-0.05, 0) is 36.5 Å². The average Bonchev–Trinajstić information content (AvgIpc) is 2.70. The Kier molecular flexibility index (Phi) is 8.21. The lowest BCUT2D eigenvalue weighted by atomic mass is 10.0. The Bertz CT molecular complexity index is 903. The molecule has 2 aromatic rings. The SMILES string of the molecule is CC(C)C(N)=C(C=NCCCc1ccccc1)C(=O)Nc1ccccc1C(F)(F)F. The van der Waals surface area contributed by atoms with Crippen LogP contribution in [0.1, 0.15) is 31.4 Å². The number of para-hydroxylation sites is 1. The number of hydrogen-bond acceptors (Lipinski definition) is 3. The number of anilines is 1. The number of nitrogens with zero attached hydrogens (tertiary/aromatic N) is 1. The number of hydrogen-bond donors (Lipinski definition) is 2. The normalized spacial score (nSPS) is 12.9. The Morgan fingerprint density at radius 3 is 2.37 bits per heavy atom. The lowest BCUT2D eigenvalue weighted by Gasteiger charge is -2.15. The molecule has 2 rings (SSSR count). The Hall–Kier alpha value is -3.09. The summed E-state index contributed by atoms with van der Waals surface area (Å²) in [6.07, 6.45) is -1.62. The predicted molar refractivity (Wildman–Crippen MR) is 114 cm³/mol. The minimum atomic E-state index is -4.58. The molecule has 0 unspecified atom stereocenters. The van der Waals surface area contributed by atoms with Crippen LogP contribution in [0, 0.1) is 5.92 Å². The Morgan fingerprint density at radius 1 is 1.10 bits per heavy atom. The summed E-state index contributed by atoms with van der Waals surface area (Å²) in [4.78, 5) is 17.0. The first-order valence-corrected chi connectivity index (χ1v) is 9.71. The van der Waals surface area contributed by atoms with E-state index in [4.69, 9.17) is 5.73 Å². The maximum Gasteiger partial charge on any atom is 0.418 e. The van der Waals surface area contributed by atoms with Crippen LogP contribution in [0.15, 0.2) is 70.9 Å². The van der Waals surface area contributed by atoms with Gasteiger partial charge in [0.15, 0.2) is 0 Å². The number of aliphatic imine (C=N–C) groups is 1. The fourth-order valence-electron chi connectivity index (χ4n) is 2.78. The number of carbonyl (C=O) groups is 1. The van der Waals surface area contributed by atoms with Crippen molar-refractivity contribution in [1.82, 2.24) is 0 Å². The van der Waals surface area contributed by atoms with Crippen molar-refractivity contribution in [2.75, 3.05) is 11.9 Å². The monoisotopic (exact) mass is 417 g/mol. The molecule has 0 aliphatic carbocycles. The van der Waals surface area contributed by atoms with E-state index in [1.165, 1.54) is 30.0 Å². The molecule has 0 aliphatic heterocycles. The molecule has 30 heavy (non-hydrogen) atoms. The lowest BCUT2D eigenvalue weighted by Crippen LogP contribution is -2.23. The van der Waals surface area contributed by atoms with Crippen LogP contribution in [-0.4, -0.2) is 18.7 Å². The van der Waals surface area contributed by atoms with Gasteiger partial charge >= 0.3 is 6.18 Å². The number of carbonyl (C=O) groups excluding carboxylic acids is 1. The summed E-state index contributed by atoms with van der Waals surface area (Å²) in [6.45, 7) is 4.07. The zero-order valence-corrected chi connectivity index (χ0v) is 17.0. The summed E-state index contributed by atoms with van der Waals surface area (Å²) < 4.78 is 39.6. The summed E-state index contributed by atoms with van der Waals surface area (Å²) in [5.41, 5.74) is 6.34. The fourth-order valence-corrected chi connectivity index (χ4v) is 2.78. The second-order valence-electron chi connectivity index (χ2n) is 7.15. The zero-order chi connectivity index (χ0) is 22.1. The summed E-state index contributed by atoms with van der Waals surface area (Å²) in [7, 11) is 0. The molecule has 0 atom stereocenters.